The van der Waals surface area contributed by atoms with Crippen molar-refractivity contribution in [3.8, 4) is 0 Å². The number of carboxylic acid groups (broad SMARTS) is 1. The van der Waals surface area contributed by atoms with E-state index in [1.165, 1.54) is 11.0 Å². The van der Waals surface area contributed by atoms with Crippen LogP contribution in [0.2, 0.25) is 0 Å². The van der Waals surface area contributed by atoms with Gasteiger partial charge in [-0.05, 0) is 34.9 Å². The van der Waals surface area contributed by atoms with Crippen LogP contribution in [0.15, 0.2) is 77.7 Å². The molecule has 2 atom stereocenters. The molecule has 1 heterocycles. The van der Waals surface area contributed by atoms with Crippen LogP contribution in [0.1, 0.15) is 12.0 Å². The maximum absolute atomic E-state index is 13.5. The quantitative estimate of drug-likeness (QED) is 0.503. The lowest BCUT2D eigenvalue weighted by Crippen LogP contribution is -2.48. The number of carboxylic acids is 1. The highest BCUT2D eigenvalue weighted by atomic mass is 32.2. The Kier molecular flexibility index (Phi) is 6.73. The molecule has 0 aliphatic carbocycles. The number of aliphatic carboxylic acids is 1. The van der Waals surface area contributed by atoms with Gasteiger partial charge in [0, 0.05) is 18.3 Å². The van der Waals surface area contributed by atoms with Crippen molar-refractivity contribution in [1.29, 1.82) is 0 Å². The summed E-state index contributed by atoms with van der Waals surface area (Å²) in [5.74, 6) is -1.70. The summed E-state index contributed by atoms with van der Waals surface area (Å²) in [5, 5.41) is 10.7. The Morgan fingerprint density at radius 3 is 2.36 bits per heavy atom. The summed E-state index contributed by atoms with van der Waals surface area (Å²) in [4.78, 5) is 26.2. The highest BCUT2D eigenvalue weighted by Crippen LogP contribution is 2.31. The molecule has 1 aliphatic heterocycles. The molecule has 3 aromatic carbocycles. The van der Waals surface area contributed by atoms with Crippen LogP contribution in [-0.4, -0.2) is 59.0 Å². The van der Waals surface area contributed by atoms with E-state index in [9.17, 15) is 23.1 Å². The molecule has 0 bridgehead atoms. The number of sulfonamides is 1. The summed E-state index contributed by atoms with van der Waals surface area (Å²) >= 11 is 4.45. The van der Waals surface area contributed by atoms with E-state index in [-0.39, 0.29) is 29.7 Å². The van der Waals surface area contributed by atoms with Gasteiger partial charge in [-0.2, -0.15) is 16.9 Å². The highest BCUT2D eigenvalue weighted by molar-refractivity contribution is 7.89. The van der Waals surface area contributed by atoms with E-state index in [0.717, 1.165) is 20.6 Å². The van der Waals surface area contributed by atoms with Gasteiger partial charge in [0.2, 0.25) is 15.9 Å². The van der Waals surface area contributed by atoms with Crippen molar-refractivity contribution >= 4 is 45.3 Å². The molecule has 172 valence electrons. The first-order valence-electron chi connectivity index (χ1n) is 10.5. The van der Waals surface area contributed by atoms with Crippen LogP contribution in [0, 0.1) is 0 Å². The van der Waals surface area contributed by atoms with Gasteiger partial charge in [-0.1, -0.05) is 60.7 Å². The molecule has 0 spiro atoms. The second kappa shape index (κ2) is 9.54. The molecule has 1 fully saturated rings. The number of carbonyl (C=O) groups excluding carboxylic acids is 1. The number of nitrogens with zero attached hydrogens (tertiary/aromatic N) is 2. The van der Waals surface area contributed by atoms with Crippen molar-refractivity contribution < 1.29 is 23.1 Å². The number of hydrogen-bond donors (Lipinski definition) is 2. The molecule has 9 heteroatoms. The van der Waals surface area contributed by atoms with Crippen LogP contribution in [-0.2, 0) is 26.2 Å². The molecule has 0 aromatic heterocycles. The number of amides is 1. The standard InChI is InChI=1S/C24H24N2O5S2/c27-23(28)16-25(14-17-6-2-1-3-7-17)24(29)22-13-20(32)15-26(22)33(30,31)21-11-10-18-8-4-5-9-19(18)12-21/h1-12,20,22,32H,13-16H2,(H,27,28). The van der Waals surface area contributed by atoms with E-state index in [1.807, 2.05) is 30.3 Å². The van der Waals surface area contributed by atoms with Crippen LogP contribution in [0.25, 0.3) is 10.8 Å². The zero-order valence-electron chi connectivity index (χ0n) is 17.7. The molecule has 0 saturated carbocycles. The molecule has 1 amide bonds. The zero-order chi connectivity index (χ0) is 23.6. The largest absolute Gasteiger partial charge is 0.480 e. The van der Waals surface area contributed by atoms with Crippen LogP contribution < -0.4 is 0 Å². The molecule has 4 rings (SSSR count). The average Bonchev–Trinajstić information content (AvgIpc) is 3.20. The van der Waals surface area contributed by atoms with Gasteiger partial charge in [0.15, 0.2) is 0 Å². The fourth-order valence-electron chi connectivity index (χ4n) is 4.13. The molecule has 1 N–H and O–H groups in total. The molecular weight excluding hydrogens is 460 g/mol. The van der Waals surface area contributed by atoms with Gasteiger partial charge >= 0.3 is 5.97 Å². The first-order valence-corrected chi connectivity index (χ1v) is 12.4. The van der Waals surface area contributed by atoms with Crippen LogP contribution >= 0.6 is 12.6 Å². The first kappa shape index (κ1) is 23.3. The molecule has 1 aliphatic rings. The van der Waals surface area contributed by atoms with Gasteiger partial charge in [0.25, 0.3) is 0 Å². The third kappa shape index (κ3) is 5.05. The van der Waals surface area contributed by atoms with Gasteiger partial charge in [0.1, 0.15) is 12.6 Å². The van der Waals surface area contributed by atoms with Gasteiger partial charge in [0.05, 0.1) is 4.90 Å². The first-order chi connectivity index (χ1) is 15.8. The van der Waals surface area contributed by atoms with Crippen molar-refractivity contribution in [2.24, 2.45) is 0 Å². The van der Waals surface area contributed by atoms with Crippen molar-refractivity contribution in [1.82, 2.24) is 9.21 Å². The average molecular weight is 485 g/mol. The fraction of sp³-hybridized carbons (Fsp3) is 0.250. The topological polar surface area (TPSA) is 95.0 Å². The Bertz CT molecular complexity index is 1280. The number of thiol groups is 1. The Balaban J connectivity index is 1.66. The van der Waals surface area contributed by atoms with E-state index in [1.54, 1.807) is 36.4 Å². The van der Waals surface area contributed by atoms with Crippen LogP contribution in [0.4, 0.5) is 0 Å². The Labute approximate surface area is 198 Å². The summed E-state index contributed by atoms with van der Waals surface area (Å²) in [6.45, 7) is -0.379. The summed E-state index contributed by atoms with van der Waals surface area (Å²) in [5.41, 5.74) is 0.761. The minimum atomic E-state index is -4.00. The number of rotatable bonds is 7. The summed E-state index contributed by atoms with van der Waals surface area (Å²) in [7, 11) is -4.00. The van der Waals surface area contributed by atoms with Crippen molar-refractivity contribution in [2.75, 3.05) is 13.1 Å². The van der Waals surface area contributed by atoms with E-state index in [2.05, 4.69) is 12.6 Å². The minimum Gasteiger partial charge on any atom is -0.480 e. The van der Waals surface area contributed by atoms with Crippen molar-refractivity contribution in [2.45, 2.75) is 29.2 Å². The lowest BCUT2D eigenvalue weighted by atomic mass is 10.1. The maximum Gasteiger partial charge on any atom is 0.323 e. The van der Waals surface area contributed by atoms with Gasteiger partial charge in [-0.3, -0.25) is 9.59 Å². The number of benzene rings is 3. The van der Waals surface area contributed by atoms with E-state index >= 15 is 0 Å². The third-order valence-corrected chi connectivity index (χ3v) is 7.95. The summed E-state index contributed by atoms with van der Waals surface area (Å²) in [6, 6.07) is 20.3. The normalized spacial score (nSPS) is 18.9. The van der Waals surface area contributed by atoms with Crippen molar-refractivity contribution in [3.63, 3.8) is 0 Å². The smallest absolute Gasteiger partial charge is 0.323 e. The number of carbonyl (C=O) groups is 2. The Morgan fingerprint density at radius 1 is 1.00 bits per heavy atom. The lowest BCUT2D eigenvalue weighted by Gasteiger charge is -2.29. The second-order valence-electron chi connectivity index (χ2n) is 8.06. The maximum atomic E-state index is 13.5. The molecular formula is C24H24N2O5S2. The Hall–Kier alpha value is -2.88. The highest BCUT2D eigenvalue weighted by Gasteiger charge is 2.44. The van der Waals surface area contributed by atoms with E-state index < -0.39 is 34.5 Å². The molecule has 33 heavy (non-hydrogen) atoms. The van der Waals surface area contributed by atoms with Crippen LogP contribution in [0.3, 0.4) is 0 Å². The van der Waals surface area contributed by atoms with Crippen LogP contribution in [0.5, 0.6) is 0 Å². The molecule has 2 unspecified atom stereocenters. The van der Waals surface area contributed by atoms with E-state index in [0.29, 0.717) is 0 Å². The van der Waals surface area contributed by atoms with Gasteiger partial charge in [-0.15, -0.1) is 0 Å². The summed E-state index contributed by atoms with van der Waals surface area (Å²) < 4.78 is 28.3. The fourth-order valence-corrected chi connectivity index (χ4v) is 6.29. The molecule has 0 radical (unpaired) electrons. The third-order valence-electron chi connectivity index (χ3n) is 5.70. The summed E-state index contributed by atoms with van der Waals surface area (Å²) in [6.07, 6.45) is 0.208. The van der Waals surface area contributed by atoms with E-state index in [4.69, 9.17) is 0 Å². The second-order valence-corrected chi connectivity index (χ2v) is 10.7. The molecule has 3 aromatic rings. The van der Waals surface area contributed by atoms with Crippen molar-refractivity contribution in [3.05, 3.63) is 78.4 Å². The monoisotopic (exact) mass is 484 g/mol. The lowest BCUT2D eigenvalue weighted by molar-refractivity contribution is -0.146. The predicted octanol–water partition coefficient (Wildman–Crippen LogP) is 3.01. The number of fused-ring (bicyclic) bond motifs is 1. The molecule has 7 nitrogen and oxygen atoms in total. The Morgan fingerprint density at radius 2 is 1.67 bits per heavy atom. The predicted molar refractivity (Wildman–Crippen MR) is 129 cm³/mol. The SMILES string of the molecule is O=C(O)CN(Cc1ccccc1)C(=O)C1CC(S)CN1S(=O)(=O)c1ccc2ccccc2c1. The minimum absolute atomic E-state index is 0.0704. The van der Waals surface area contributed by atoms with Gasteiger partial charge in [-0.25, -0.2) is 8.42 Å². The number of hydrogen-bond acceptors (Lipinski definition) is 5. The van der Waals surface area contributed by atoms with Gasteiger partial charge < -0.3 is 10.0 Å². The molecule has 1 saturated heterocycles. The zero-order valence-corrected chi connectivity index (χ0v) is 19.5.